The van der Waals surface area contributed by atoms with E-state index >= 15 is 0 Å². The van der Waals surface area contributed by atoms with E-state index in [1.54, 1.807) is 11.5 Å². The first kappa shape index (κ1) is 15.7. The molecule has 1 aliphatic rings. The molecule has 0 fully saturated rings. The molecule has 0 saturated heterocycles. The van der Waals surface area contributed by atoms with Gasteiger partial charge in [-0.1, -0.05) is 11.8 Å². The summed E-state index contributed by atoms with van der Waals surface area (Å²) in [4.78, 5) is 11.0. The summed E-state index contributed by atoms with van der Waals surface area (Å²) in [6.45, 7) is 2.88. The molecule has 122 valence electrons. The minimum Gasteiger partial charge on any atom is -0.490 e. The van der Waals surface area contributed by atoms with Crippen molar-refractivity contribution in [2.75, 3.05) is 13.2 Å². The zero-order chi connectivity index (χ0) is 16.4. The lowest BCUT2D eigenvalue weighted by atomic mass is 10.2. The molecular formula is C15H17N3O4S. The third kappa shape index (κ3) is 3.26. The van der Waals surface area contributed by atoms with Crippen molar-refractivity contribution in [1.29, 1.82) is 0 Å². The van der Waals surface area contributed by atoms with Gasteiger partial charge in [0.15, 0.2) is 22.5 Å². The van der Waals surface area contributed by atoms with E-state index in [2.05, 4.69) is 10.2 Å². The second-order valence-electron chi connectivity index (χ2n) is 5.18. The fourth-order valence-corrected chi connectivity index (χ4v) is 2.93. The lowest BCUT2D eigenvalue weighted by Gasteiger charge is -2.10. The Kier molecular flexibility index (Phi) is 4.42. The highest BCUT2D eigenvalue weighted by Gasteiger charge is 2.19. The molecule has 2 heterocycles. The highest BCUT2D eigenvalue weighted by Crippen LogP contribution is 2.34. The standard InChI is InChI=1S/C15H17N3O4S/c1-9(14(19)20)23-15-17-16-13(18(15)2)10-4-5-11-12(8-10)22-7-3-6-21-11/h4-5,8-9H,3,6-7H2,1-2H3,(H,19,20)/t9-/m1/s1. The number of rotatable bonds is 4. The Morgan fingerprint density at radius 2 is 2.04 bits per heavy atom. The second-order valence-corrected chi connectivity index (χ2v) is 6.48. The second kappa shape index (κ2) is 6.49. The summed E-state index contributed by atoms with van der Waals surface area (Å²) in [5, 5.41) is 17.2. The van der Waals surface area contributed by atoms with Gasteiger partial charge < -0.3 is 19.1 Å². The molecule has 0 amide bonds. The average Bonchev–Trinajstić information content (AvgIpc) is 2.75. The third-order valence-electron chi connectivity index (χ3n) is 3.47. The van der Waals surface area contributed by atoms with Crippen molar-refractivity contribution in [2.24, 2.45) is 7.05 Å². The van der Waals surface area contributed by atoms with Crippen molar-refractivity contribution in [3.63, 3.8) is 0 Å². The third-order valence-corrected chi connectivity index (χ3v) is 4.59. The van der Waals surface area contributed by atoms with Crippen LogP contribution in [0, 0.1) is 0 Å². The minimum atomic E-state index is -0.880. The van der Waals surface area contributed by atoms with Crippen LogP contribution in [-0.2, 0) is 11.8 Å². The fourth-order valence-electron chi connectivity index (χ4n) is 2.18. The van der Waals surface area contributed by atoms with Crippen LogP contribution in [0.15, 0.2) is 23.4 Å². The molecule has 7 nitrogen and oxygen atoms in total. The van der Waals surface area contributed by atoms with Crippen molar-refractivity contribution in [2.45, 2.75) is 23.8 Å². The Morgan fingerprint density at radius 3 is 2.78 bits per heavy atom. The number of aromatic nitrogens is 3. The molecule has 1 aromatic carbocycles. The van der Waals surface area contributed by atoms with Crippen LogP contribution in [0.2, 0.25) is 0 Å². The first-order valence-electron chi connectivity index (χ1n) is 7.25. The SMILES string of the molecule is C[C@@H](Sc1nnc(-c2ccc3c(c2)OCCCO3)n1C)C(=O)O. The van der Waals surface area contributed by atoms with Crippen LogP contribution in [0.25, 0.3) is 11.4 Å². The first-order valence-corrected chi connectivity index (χ1v) is 8.13. The number of ether oxygens (including phenoxy) is 2. The summed E-state index contributed by atoms with van der Waals surface area (Å²) >= 11 is 1.16. The predicted octanol–water partition coefficient (Wildman–Crippen LogP) is 2.21. The van der Waals surface area contributed by atoms with E-state index in [9.17, 15) is 4.79 Å². The van der Waals surface area contributed by atoms with E-state index in [1.165, 1.54) is 0 Å². The highest BCUT2D eigenvalue weighted by atomic mass is 32.2. The number of carbonyl (C=O) groups is 1. The van der Waals surface area contributed by atoms with Gasteiger partial charge >= 0.3 is 5.97 Å². The molecule has 0 spiro atoms. The normalized spacial score (nSPS) is 15.0. The van der Waals surface area contributed by atoms with Gasteiger partial charge in [0, 0.05) is 19.0 Å². The Bertz CT molecular complexity index is 732. The molecule has 0 bridgehead atoms. The van der Waals surface area contributed by atoms with Crippen LogP contribution in [-0.4, -0.2) is 44.3 Å². The molecule has 8 heteroatoms. The fraction of sp³-hybridized carbons (Fsp3) is 0.400. The minimum absolute atomic E-state index is 0.557. The lowest BCUT2D eigenvalue weighted by molar-refractivity contribution is -0.136. The molecule has 1 aromatic heterocycles. The lowest BCUT2D eigenvalue weighted by Crippen LogP contribution is -2.12. The van der Waals surface area contributed by atoms with Gasteiger partial charge in [0.1, 0.15) is 5.25 Å². The number of hydrogen-bond acceptors (Lipinski definition) is 6. The number of nitrogens with zero attached hydrogens (tertiary/aromatic N) is 3. The summed E-state index contributed by atoms with van der Waals surface area (Å²) in [5.41, 5.74) is 0.846. The van der Waals surface area contributed by atoms with Gasteiger partial charge in [-0.3, -0.25) is 4.79 Å². The molecule has 3 rings (SSSR count). The van der Waals surface area contributed by atoms with E-state index in [0.29, 0.717) is 29.9 Å². The summed E-state index contributed by atoms with van der Waals surface area (Å²) in [7, 11) is 1.81. The number of aliphatic carboxylic acids is 1. The van der Waals surface area contributed by atoms with E-state index in [4.69, 9.17) is 14.6 Å². The molecule has 1 N–H and O–H groups in total. The number of carboxylic acid groups (broad SMARTS) is 1. The van der Waals surface area contributed by atoms with Crippen molar-refractivity contribution < 1.29 is 19.4 Å². The molecule has 23 heavy (non-hydrogen) atoms. The van der Waals surface area contributed by atoms with Crippen LogP contribution in [0.1, 0.15) is 13.3 Å². The summed E-state index contributed by atoms with van der Waals surface area (Å²) in [5.74, 6) is 1.19. The number of benzene rings is 1. The van der Waals surface area contributed by atoms with Crippen LogP contribution < -0.4 is 9.47 Å². The summed E-state index contributed by atoms with van der Waals surface area (Å²) < 4.78 is 13.1. The van der Waals surface area contributed by atoms with E-state index in [1.807, 2.05) is 25.2 Å². The van der Waals surface area contributed by atoms with Crippen LogP contribution >= 0.6 is 11.8 Å². The number of hydrogen-bond donors (Lipinski definition) is 1. The molecule has 2 aromatic rings. The molecule has 0 radical (unpaired) electrons. The maximum Gasteiger partial charge on any atom is 0.316 e. The first-order chi connectivity index (χ1) is 11.1. The Morgan fingerprint density at radius 1 is 1.30 bits per heavy atom. The predicted molar refractivity (Wildman–Crippen MR) is 85.0 cm³/mol. The topological polar surface area (TPSA) is 86.5 Å². The number of thioether (sulfide) groups is 1. The number of carboxylic acids is 1. The Hall–Kier alpha value is -2.22. The van der Waals surface area contributed by atoms with Crippen molar-refractivity contribution in [3.05, 3.63) is 18.2 Å². The molecule has 0 aliphatic carbocycles. The van der Waals surface area contributed by atoms with E-state index in [0.717, 1.165) is 29.5 Å². The maximum absolute atomic E-state index is 11.0. The highest BCUT2D eigenvalue weighted by molar-refractivity contribution is 8.00. The van der Waals surface area contributed by atoms with Gasteiger partial charge in [-0.05, 0) is 25.1 Å². The van der Waals surface area contributed by atoms with E-state index in [-0.39, 0.29) is 0 Å². The van der Waals surface area contributed by atoms with Gasteiger partial charge in [-0.25, -0.2) is 0 Å². The van der Waals surface area contributed by atoms with Gasteiger partial charge in [0.05, 0.1) is 13.2 Å². The molecule has 0 saturated carbocycles. The van der Waals surface area contributed by atoms with Crippen molar-refractivity contribution >= 4 is 17.7 Å². The van der Waals surface area contributed by atoms with Gasteiger partial charge in [-0.2, -0.15) is 0 Å². The summed E-state index contributed by atoms with van der Waals surface area (Å²) in [6.07, 6.45) is 0.849. The molecular weight excluding hydrogens is 318 g/mol. The van der Waals surface area contributed by atoms with Crippen LogP contribution in [0.4, 0.5) is 0 Å². The van der Waals surface area contributed by atoms with Gasteiger partial charge in [0.2, 0.25) is 0 Å². The molecule has 0 unspecified atom stereocenters. The largest absolute Gasteiger partial charge is 0.490 e. The average molecular weight is 335 g/mol. The zero-order valence-corrected chi connectivity index (χ0v) is 13.7. The monoisotopic (exact) mass is 335 g/mol. The van der Waals surface area contributed by atoms with E-state index < -0.39 is 11.2 Å². The van der Waals surface area contributed by atoms with Crippen molar-refractivity contribution in [3.8, 4) is 22.9 Å². The quantitative estimate of drug-likeness (QED) is 0.857. The van der Waals surface area contributed by atoms with Crippen LogP contribution in [0.5, 0.6) is 11.5 Å². The van der Waals surface area contributed by atoms with Gasteiger partial charge in [-0.15, -0.1) is 10.2 Å². The van der Waals surface area contributed by atoms with Crippen molar-refractivity contribution in [1.82, 2.24) is 14.8 Å². The Labute approximate surface area is 137 Å². The number of fused-ring (bicyclic) bond motifs is 1. The summed E-state index contributed by atoms with van der Waals surface area (Å²) in [6, 6.07) is 5.63. The van der Waals surface area contributed by atoms with Crippen LogP contribution in [0.3, 0.4) is 0 Å². The smallest absolute Gasteiger partial charge is 0.316 e. The molecule has 1 atom stereocenters. The maximum atomic E-state index is 11.0. The van der Waals surface area contributed by atoms with Gasteiger partial charge in [0.25, 0.3) is 0 Å². The Balaban J connectivity index is 1.89. The zero-order valence-electron chi connectivity index (χ0n) is 12.9. The molecule has 1 aliphatic heterocycles.